The fourth-order valence-corrected chi connectivity index (χ4v) is 9.54. The largest absolute Gasteiger partial charge is 0.454 e. The lowest BCUT2D eigenvalue weighted by atomic mass is 10.0. The Morgan fingerprint density at radius 2 is 0.877 bits per heavy atom. The number of fused-ring (bicyclic) bond motifs is 9. The van der Waals surface area contributed by atoms with Crippen LogP contribution >= 0.6 is 11.3 Å². The van der Waals surface area contributed by atoms with E-state index in [0.29, 0.717) is 17.5 Å². The summed E-state index contributed by atoms with van der Waals surface area (Å²) in [6.07, 6.45) is 0. The van der Waals surface area contributed by atoms with Crippen molar-refractivity contribution in [3.63, 3.8) is 0 Å². The molecule has 6 heteroatoms. The molecule has 0 bridgehead atoms. The van der Waals surface area contributed by atoms with Crippen LogP contribution in [-0.4, -0.2) is 19.5 Å². The van der Waals surface area contributed by atoms with Gasteiger partial charge in [-0.1, -0.05) is 140 Å². The lowest BCUT2D eigenvalue weighted by Crippen LogP contribution is -1.99. The highest BCUT2D eigenvalue weighted by Gasteiger charge is 2.19. The molecule has 4 heterocycles. The molecule has 0 N–H and O–H groups in total. The molecule has 0 atom stereocenters. The fraction of sp³-hybridized carbons (Fsp3) is 0. The van der Waals surface area contributed by atoms with E-state index in [4.69, 9.17) is 19.4 Å². The number of furan rings is 1. The van der Waals surface area contributed by atoms with Gasteiger partial charge in [0.25, 0.3) is 0 Å². The standard InChI is InChI=1S/C51H30N4OS/c1-3-12-31(13-4-1)49-52-50(32-14-5-2-6-15-32)54-51(53-49)35-23-26-39-38-25-22-34(29-46(38)57-47(39)30-35)33-24-27-45-41(28-33)40-18-11-21-44(48(40)56-45)55-42-19-9-7-16-36(42)37-17-8-10-20-43(37)55/h1-30H. The minimum absolute atomic E-state index is 0.657. The number of rotatable bonds is 5. The molecule has 0 aliphatic heterocycles. The number of hydrogen-bond acceptors (Lipinski definition) is 5. The molecule has 266 valence electrons. The van der Waals surface area contributed by atoms with Crippen LogP contribution in [0.4, 0.5) is 0 Å². The van der Waals surface area contributed by atoms with E-state index in [1.54, 1.807) is 11.3 Å². The first kappa shape index (κ1) is 31.9. The molecular formula is C51H30N4OS. The van der Waals surface area contributed by atoms with E-state index in [2.05, 4.69) is 126 Å². The number of aromatic nitrogens is 4. The Labute approximate surface area is 330 Å². The van der Waals surface area contributed by atoms with Crippen LogP contribution in [0, 0.1) is 0 Å². The van der Waals surface area contributed by atoms with Crippen LogP contribution in [0.3, 0.4) is 0 Å². The molecule has 0 spiro atoms. The summed E-state index contributed by atoms with van der Waals surface area (Å²) in [5.74, 6) is 1.97. The van der Waals surface area contributed by atoms with Gasteiger partial charge >= 0.3 is 0 Å². The molecule has 0 aliphatic carbocycles. The molecule has 12 rings (SSSR count). The minimum atomic E-state index is 0.657. The summed E-state index contributed by atoms with van der Waals surface area (Å²) in [5, 5.41) is 7.13. The maximum atomic E-state index is 6.69. The van der Waals surface area contributed by atoms with Crippen molar-refractivity contribution in [3.05, 3.63) is 182 Å². The van der Waals surface area contributed by atoms with Crippen molar-refractivity contribution in [2.75, 3.05) is 0 Å². The molecule has 0 fully saturated rings. The first-order valence-electron chi connectivity index (χ1n) is 19.0. The zero-order valence-electron chi connectivity index (χ0n) is 30.4. The van der Waals surface area contributed by atoms with Gasteiger partial charge in [-0.05, 0) is 53.6 Å². The van der Waals surface area contributed by atoms with Crippen LogP contribution in [0.15, 0.2) is 186 Å². The molecule has 57 heavy (non-hydrogen) atoms. The molecule has 8 aromatic carbocycles. The van der Waals surface area contributed by atoms with Crippen molar-refractivity contribution in [2.45, 2.75) is 0 Å². The lowest BCUT2D eigenvalue weighted by molar-refractivity contribution is 0.666. The third-order valence-corrected chi connectivity index (χ3v) is 12.2. The molecule has 4 aromatic heterocycles. The molecule has 0 radical (unpaired) electrons. The summed E-state index contributed by atoms with van der Waals surface area (Å²) < 4.78 is 11.4. The van der Waals surface area contributed by atoms with Crippen molar-refractivity contribution in [2.24, 2.45) is 0 Å². The van der Waals surface area contributed by atoms with E-state index in [-0.39, 0.29) is 0 Å². The van der Waals surface area contributed by atoms with Crippen LogP contribution < -0.4 is 0 Å². The third kappa shape index (κ3) is 5.12. The molecule has 12 aromatic rings. The Hall–Kier alpha value is -7.41. The zero-order chi connectivity index (χ0) is 37.5. The first-order valence-corrected chi connectivity index (χ1v) is 19.8. The normalized spacial score (nSPS) is 11.9. The first-order chi connectivity index (χ1) is 28.2. The second kappa shape index (κ2) is 12.6. The van der Waals surface area contributed by atoms with Gasteiger partial charge in [0.05, 0.1) is 16.7 Å². The smallest absolute Gasteiger partial charge is 0.164 e. The van der Waals surface area contributed by atoms with E-state index in [1.807, 2.05) is 60.7 Å². The monoisotopic (exact) mass is 746 g/mol. The van der Waals surface area contributed by atoms with Crippen molar-refractivity contribution in [1.82, 2.24) is 19.5 Å². The van der Waals surface area contributed by atoms with Crippen molar-refractivity contribution < 1.29 is 4.42 Å². The van der Waals surface area contributed by atoms with Crippen LogP contribution in [0.1, 0.15) is 0 Å². The van der Waals surface area contributed by atoms with Crippen LogP contribution in [0.25, 0.3) is 115 Å². The summed E-state index contributed by atoms with van der Waals surface area (Å²) in [7, 11) is 0. The second-order valence-corrected chi connectivity index (χ2v) is 15.5. The third-order valence-electron chi connectivity index (χ3n) is 11.1. The van der Waals surface area contributed by atoms with Gasteiger partial charge in [0.1, 0.15) is 5.58 Å². The molecule has 0 aliphatic rings. The number of thiophene rings is 1. The Kier molecular flexibility index (Phi) is 7.03. The number of hydrogen-bond donors (Lipinski definition) is 0. The van der Waals surface area contributed by atoms with E-state index in [1.165, 1.54) is 47.5 Å². The molecular weight excluding hydrogens is 717 g/mol. The van der Waals surface area contributed by atoms with Crippen LogP contribution in [0.5, 0.6) is 0 Å². The Balaban J connectivity index is 0.948. The van der Waals surface area contributed by atoms with E-state index >= 15 is 0 Å². The zero-order valence-corrected chi connectivity index (χ0v) is 31.2. The molecule has 0 saturated carbocycles. The van der Waals surface area contributed by atoms with E-state index < -0.39 is 0 Å². The average Bonchev–Trinajstić information content (AvgIpc) is 3.95. The van der Waals surface area contributed by atoms with E-state index in [9.17, 15) is 0 Å². The highest BCUT2D eigenvalue weighted by molar-refractivity contribution is 7.25. The van der Waals surface area contributed by atoms with Gasteiger partial charge in [0, 0.05) is 58.4 Å². The van der Waals surface area contributed by atoms with Crippen LogP contribution in [0.2, 0.25) is 0 Å². The maximum Gasteiger partial charge on any atom is 0.164 e. The summed E-state index contributed by atoms with van der Waals surface area (Å²) in [5.41, 5.74) is 10.3. The van der Waals surface area contributed by atoms with Crippen molar-refractivity contribution in [1.29, 1.82) is 0 Å². The Morgan fingerprint density at radius 3 is 1.53 bits per heavy atom. The highest BCUT2D eigenvalue weighted by Crippen LogP contribution is 2.41. The van der Waals surface area contributed by atoms with Gasteiger partial charge in [0.2, 0.25) is 0 Å². The summed E-state index contributed by atoms with van der Waals surface area (Å²) in [4.78, 5) is 14.8. The van der Waals surface area contributed by atoms with Gasteiger partial charge in [-0.25, -0.2) is 15.0 Å². The van der Waals surface area contributed by atoms with E-state index in [0.717, 1.165) is 49.9 Å². The quantitative estimate of drug-likeness (QED) is 0.176. The molecule has 0 unspecified atom stereocenters. The van der Waals surface area contributed by atoms with Gasteiger partial charge in [-0.3, -0.25) is 0 Å². The predicted octanol–water partition coefficient (Wildman–Crippen LogP) is 13.9. The van der Waals surface area contributed by atoms with Crippen molar-refractivity contribution >= 4 is 75.3 Å². The van der Waals surface area contributed by atoms with Gasteiger partial charge in [0.15, 0.2) is 23.1 Å². The number of para-hydroxylation sites is 3. The lowest BCUT2D eigenvalue weighted by Gasteiger charge is -2.08. The summed E-state index contributed by atoms with van der Waals surface area (Å²) in [6, 6.07) is 63.8. The van der Waals surface area contributed by atoms with Gasteiger partial charge < -0.3 is 8.98 Å². The Morgan fingerprint density at radius 1 is 0.368 bits per heavy atom. The Bertz CT molecular complexity index is 3420. The number of benzene rings is 8. The van der Waals surface area contributed by atoms with Gasteiger partial charge in [-0.15, -0.1) is 11.3 Å². The highest BCUT2D eigenvalue weighted by atomic mass is 32.1. The molecule has 0 saturated heterocycles. The molecule has 0 amide bonds. The van der Waals surface area contributed by atoms with Gasteiger partial charge in [-0.2, -0.15) is 0 Å². The summed E-state index contributed by atoms with van der Waals surface area (Å²) in [6.45, 7) is 0. The number of nitrogens with zero attached hydrogens (tertiary/aromatic N) is 4. The topological polar surface area (TPSA) is 56.7 Å². The second-order valence-electron chi connectivity index (χ2n) is 14.4. The fourth-order valence-electron chi connectivity index (χ4n) is 8.35. The predicted molar refractivity (Wildman–Crippen MR) is 236 cm³/mol. The SMILES string of the molecule is c1ccc(-c2nc(-c3ccccc3)nc(-c3ccc4c(c3)sc3cc(-c5ccc6oc7c(-n8c9ccccc9c9ccccc98)cccc7c6c5)ccc34)n2)cc1. The minimum Gasteiger partial charge on any atom is -0.454 e. The maximum absolute atomic E-state index is 6.69. The average molecular weight is 747 g/mol. The summed E-state index contributed by atoms with van der Waals surface area (Å²) >= 11 is 1.80. The van der Waals surface area contributed by atoms with Crippen molar-refractivity contribution in [3.8, 4) is 51.0 Å². The molecule has 5 nitrogen and oxygen atoms in total. The van der Waals surface area contributed by atoms with Crippen LogP contribution in [-0.2, 0) is 0 Å².